The summed E-state index contributed by atoms with van der Waals surface area (Å²) in [7, 11) is 0. The first-order chi connectivity index (χ1) is 16.6. The van der Waals surface area contributed by atoms with Crippen molar-refractivity contribution in [2.24, 2.45) is 0 Å². The molecule has 0 fully saturated rings. The van der Waals surface area contributed by atoms with Crippen molar-refractivity contribution in [2.45, 2.75) is 63.8 Å². The molecule has 2 aliphatic rings. The van der Waals surface area contributed by atoms with Crippen molar-refractivity contribution in [2.75, 3.05) is 11.1 Å². The van der Waals surface area contributed by atoms with Crippen molar-refractivity contribution in [3.8, 4) is 5.75 Å². The van der Waals surface area contributed by atoms with E-state index in [1.165, 1.54) is 5.56 Å². The molecule has 1 aliphatic carbocycles. The quantitative estimate of drug-likeness (QED) is 0.315. The molecule has 2 aromatic carbocycles. The van der Waals surface area contributed by atoms with Gasteiger partial charge >= 0.3 is 0 Å². The van der Waals surface area contributed by atoms with Gasteiger partial charge < -0.3 is 10.1 Å². The lowest BCUT2D eigenvalue weighted by atomic mass is 9.85. The van der Waals surface area contributed by atoms with Crippen molar-refractivity contribution in [1.29, 1.82) is 0 Å². The van der Waals surface area contributed by atoms with Crippen LogP contribution >= 0.6 is 11.8 Å². The molecule has 2 heterocycles. The number of anilines is 1. The number of hydrogen-bond donors (Lipinski definition) is 1. The zero-order valence-electron chi connectivity index (χ0n) is 19.7. The number of rotatable bonds is 8. The normalized spacial score (nSPS) is 17.2. The highest BCUT2D eigenvalue weighted by Gasteiger charge is 2.36. The Labute approximate surface area is 204 Å². The fraction of sp³-hybridized carbons (Fsp3) is 0.370. The van der Waals surface area contributed by atoms with Crippen LogP contribution in [0.15, 0.2) is 65.0 Å². The van der Waals surface area contributed by atoms with Crippen LogP contribution in [0, 0.1) is 6.92 Å². The van der Waals surface area contributed by atoms with Gasteiger partial charge in [0.15, 0.2) is 5.78 Å². The van der Waals surface area contributed by atoms with Crippen LogP contribution < -0.4 is 10.1 Å². The van der Waals surface area contributed by atoms with Crippen LogP contribution in [0.1, 0.15) is 61.8 Å². The van der Waals surface area contributed by atoms with E-state index in [2.05, 4.69) is 43.4 Å². The molecule has 1 aliphatic heterocycles. The highest BCUT2D eigenvalue weighted by molar-refractivity contribution is 7.99. The van der Waals surface area contributed by atoms with Gasteiger partial charge in [-0.25, -0.2) is 4.68 Å². The maximum Gasteiger partial charge on any atom is 0.227 e. The molecule has 3 aromatic rings. The fourth-order valence-electron chi connectivity index (χ4n) is 4.41. The molecule has 0 spiro atoms. The molecular weight excluding hydrogens is 444 g/mol. The van der Waals surface area contributed by atoms with E-state index in [-0.39, 0.29) is 11.8 Å². The molecule has 0 amide bonds. The molecule has 0 saturated heterocycles. The third-order valence-electron chi connectivity index (χ3n) is 6.30. The smallest absolute Gasteiger partial charge is 0.227 e. The summed E-state index contributed by atoms with van der Waals surface area (Å²) in [6.45, 7) is 4.78. The van der Waals surface area contributed by atoms with Crippen LogP contribution in [0.25, 0.3) is 0 Å². The molecule has 176 valence electrons. The molecule has 0 bridgehead atoms. The fourth-order valence-corrected chi connectivity index (χ4v) is 5.32. The molecule has 1 aromatic heterocycles. The number of fused-ring (bicyclic) bond motifs is 1. The van der Waals surface area contributed by atoms with Crippen LogP contribution in [-0.2, 0) is 11.4 Å². The first-order valence-electron chi connectivity index (χ1n) is 12.0. The van der Waals surface area contributed by atoms with E-state index >= 15 is 0 Å². The number of aryl methyl sites for hydroxylation is 1. The molecule has 1 unspecified atom stereocenters. The largest absolute Gasteiger partial charge is 0.489 e. The number of ether oxygens (including phenoxy) is 1. The van der Waals surface area contributed by atoms with E-state index in [0.717, 1.165) is 70.7 Å². The zero-order chi connectivity index (χ0) is 23.5. The Morgan fingerprint density at radius 3 is 2.68 bits per heavy atom. The number of nitrogens with zero attached hydrogens (tertiary/aromatic N) is 3. The molecule has 0 saturated carbocycles. The summed E-state index contributed by atoms with van der Waals surface area (Å²) in [5.41, 5.74) is 5.20. The van der Waals surface area contributed by atoms with E-state index < -0.39 is 0 Å². The topological polar surface area (TPSA) is 69.0 Å². The second-order valence-corrected chi connectivity index (χ2v) is 9.97. The van der Waals surface area contributed by atoms with Gasteiger partial charge in [-0.05, 0) is 49.4 Å². The van der Waals surface area contributed by atoms with Gasteiger partial charge in [0.25, 0.3) is 0 Å². The van der Waals surface area contributed by atoms with E-state index in [0.29, 0.717) is 13.0 Å². The van der Waals surface area contributed by atoms with E-state index in [1.807, 2.05) is 28.9 Å². The number of Topliss-reactive ketones (excluding diaryl/α,β-unsaturated/α-hetero) is 1. The molecule has 5 rings (SSSR count). The Hall–Kier alpha value is -3.06. The Kier molecular flexibility index (Phi) is 6.72. The van der Waals surface area contributed by atoms with Crippen molar-refractivity contribution < 1.29 is 9.53 Å². The predicted octanol–water partition coefficient (Wildman–Crippen LogP) is 6.08. The summed E-state index contributed by atoms with van der Waals surface area (Å²) in [4.78, 5) is 17.7. The van der Waals surface area contributed by atoms with Gasteiger partial charge in [-0.3, -0.25) is 4.79 Å². The van der Waals surface area contributed by atoms with Gasteiger partial charge in [-0.1, -0.05) is 67.1 Å². The summed E-state index contributed by atoms with van der Waals surface area (Å²) in [5.74, 6) is 2.71. The third-order valence-corrected chi connectivity index (χ3v) is 7.22. The maximum absolute atomic E-state index is 13.0. The zero-order valence-corrected chi connectivity index (χ0v) is 20.5. The lowest BCUT2D eigenvalue weighted by Crippen LogP contribution is -2.31. The Balaban J connectivity index is 1.40. The second-order valence-electron chi connectivity index (χ2n) is 8.90. The number of unbranched alkanes of at least 4 members (excludes halogenated alkanes) is 1. The molecule has 34 heavy (non-hydrogen) atoms. The second kappa shape index (κ2) is 10.1. The van der Waals surface area contributed by atoms with Crippen LogP contribution in [0.5, 0.6) is 5.75 Å². The van der Waals surface area contributed by atoms with Crippen LogP contribution in [-0.4, -0.2) is 26.3 Å². The summed E-state index contributed by atoms with van der Waals surface area (Å²) >= 11 is 1.67. The minimum absolute atomic E-state index is 0.194. The number of carbonyl (C=O) groups excluding carboxylic acids is 1. The van der Waals surface area contributed by atoms with Gasteiger partial charge in [0.2, 0.25) is 11.1 Å². The Bertz CT molecular complexity index is 1200. The van der Waals surface area contributed by atoms with Crippen LogP contribution in [0.2, 0.25) is 0 Å². The van der Waals surface area contributed by atoms with Gasteiger partial charge in [0.1, 0.15) is 18.4 Å². The number of thioether (sulfide) groups is 1. The Morgan fingerprint density at radius 1 is 1.12 bits per heavy atom. The molecule has 1 atom stereocenters. The van der Waals surface area contributed by atoms with Gasteiger partial charge in [0.05, 0.1) is 0 Å². The minimum atomic E-state index is -0.266. The molecule has 0 radical (unpaired) electrons. The van der Waals surface area contributed by atoms with Crippen LogP contribution in [0.4, 0.5) is 5.95 Å². The summed E-state index contributed by atoms with van der Waals surface area (Å²) in [5, 5.41) is 8.96. The lowest BCUT2D eigenvalue weighted by molar-refractivity contribution is -0.116. The molecular formula is C27H30N4O2S. The van der Waals surface area contributed by atoms with Crippen LogP contribution in [0.3, 0.4) is 0 Å². The van der Waals surface area contributed by atoms with E-state index in [9.17, 15) is 4.79 Å². The van der Waals surface area contributed by atoms with E-state index in [4.69, 9.17) is 14.8 Å². The summed E-state index contributed by atoms with van der Waals surface area (Å²) in [6.07, 6.45) is 4.58. The molecule has 1 N–H and O–H groups in total. The van der Waals surface area contributed by atoms with Gasteiger partial charge in [0, 0.05) is 23.4 Å². The number of allylic oxidation sites excluding steroid dienone is 2. The predicted molar refractivity (Wildman–Crippen MR) is 135 cm³/mol. The number of aromatic nitrogens is 3. The lowest BCUT2D eigenvalue weighted by Gasteiger charge is -2.32. The highest BCUT2D eigenvalue weighted by Crippen LogP contribution is 2.40. The SMILES string of the molecule is CCCCSc1nc2n(n1)C(c1ccc(OCc3ccc(C)cc3)cc1)C1=C(CCCC1=O)N2. The first kappa shape index (κ1) is 22.7. The number of nitrogens with one attached hydrogen (secondary N) is 1. The summed E-state index contributed by atoms with van der Waals surface area (Å²) in [6, 6.07) is 16.1. The van der Waals surface area contributed by atoms with Gasteiger partial charge in [-0.2, -0.15) is 4.98 Å². The average Bonchev–Trinajstić information content (AvgIpc) is 3.25. The van der Waals surface area contributed by atoms with Crippen molar-refractivity contribution in [3.05, 3.63) is 76.5 Å². The van der Waals surface area contributed by atoms with E-state index in [1.54, 1.807) is 11.8 Å². The average molecular weight is 475 g/mol. The maximum atomic E-state index is 13.0. The molecule has 7 heteroatoms. The monoisotopic (exact) mass is 474 g/mol. The van der Waals surface area contributed by atoms with Crippen molar-refractivity contribution in [1.82, 2.24) is 14.8 Å². The number of hydrogen-bond acceptors (Lipinski definition) is 6. The van der Waals surface area contributed by atoms with Crippen molar-refractivity contribution in [3.63, 3.8) is 0 Å². The first-order valence-corrected chi connectivity index (χ1v) is 13.0. The number of carbonyl (C=O) groups is 1. The summed E-state index contributed by atoms with van der Waals surface area (Å²) < 4.78 is 7.89. The highest BCUT2D eigenvalue weighted by atomic mass is 32.2. The standard InChI is InChI=1S/C27H30N4O2S/c1-3-4-16-34-27-29-26-28-22-6-5-7-23(32)24(22)25(31(26)30-27)20-12-14-21(15-13-20)33-17-19-10-8-18(2)9-11-19/h8-15,25H,3-7,16-17H2,1-2H3,(H,28,29,30). The minimum Gasteiger partial charge on any atom is -0.489 e. The number of benzene rings is 2. The third kappa shape index (κ3) is 4.75. The Morgan fingerprint density at radius 2 is 1.91 bits per heavy atom. The van der Waals surface area contributed by atoms with Crippen molar-refractivity contribution >= 4 is 23.5 Å². The number of ketones is 1. The molecule has 6 nitrogen and oxygen atoms in total. The van der Waals surface area contributed by atoms with Gasteiger partial charge in [-0.15, -0.1) is 5.10 Å².